The quantitative estimate of drug-likeness (QED) is 0.539. The van der Waals surface area contributed by atoms with Crippen molar-refractivity contribution in [1.82, 2.24) is 19.5 Å². The van der Waals surface area contributed by atoms with Crippen LogP contribution in [0.4, 0.5) is 10.3 Å². The molecule has 1 aliphatic rings. The van der Waals surface area contributed by atoms with E-state index in [-0.39, 0.29) is 17.1 Å². The summed E-state index contributed by atoms with van der Waals surface area (Å²) in [6, 6.07) is 0. The zero-order chi connectivity index (χ0) is 15.4. The molecule has 0 aliphatic carbocycles. The number of nitrogens with two attached hydrogens (primary N) is 1. The molecule has 1 aliphatic heterocycles. The summed E-state index contributed by atoms with van der Waals surface area (Å²) in [5.41, 5.74) is 3.47. The number of nitrogens with zero attached hydrogens (tertiary/aromatic N) is 3. The van der Waals surface area contributed by atoms with Crippen LogP contribution in [-0.2, 0) is 4.74 Å². The number of fused-ring (bicyclic) bond motifs is 1. The number of aliphatic hydroxyl groups excluding tert-OH is 2. The zero-order valence-electron chi connectivity index (χ0n) is 11.0. The van der Waals surface area contributed by atoms with E-state index < -0.39 is 36.3 Å². The standard InChI is InChI=1S/C11H14FN5O4/c1-11(2-18)6(19)4(12)9(21-11)17-3-14-5-7(17)15-10(13)16-8(5)20/h3-4,6,9,18-19H,2H2,1H3,(H3,13,15,16,20)/t4-,6+,9-,11?/m1/s1. The van der Waals surface area contributed by atoms with Crippen molar-refractivity contribution in [3.8, 4) is 0 Å². The highest BCUT2D eigenvalue weighted by Crippen LogP contribution is 2.39. The van der Waals surface area contributed by atoms with E-state index >= 15 is 0 Å². The van der Waals surface area contributed by atoms with Gasteiger partial charge in [-0.25, -0.2) is 9.37 Å². The van der Waals surface area contributed by atoms with Crippen LogP contribution in [0.15, 0.2) is 11.1 Å². The van der Waals surface area contributed by atoms with Gasteiger partial charge in [0, 0.05) is 0 Å². The summed E-state index contributed by atoms with van der Waals surface area (Å²) in [5.74, 6) is -0.145. The summed E-state index contributed by atoms with van der Waals surface area (Å²) < 4.78 is 20.9. The minimum Gasteiger partial charge on any atom is -0.393 e. The lowest BCUT2D eigenvalue weighted by molar-refractivity contribution is -0.115. The Labute approximate surface area is 117 Å². The van der Waals surface area contributed by atoms with E-state index in [9.17, 15) is 19.4 Å². The van der Waals surface area contributed by atoms with Gasteiger partial charge in [0.1, 0.15) is 11.7 Å². The van der Waals surface area contributed by atoms with Crippen LogP contribution in [0.5, 0.6) is 0 Å². The molecule has 1 fully saturated rings. The number of rotatable bonds is 2. The second-order valence-electron chi connectivity index (χ2n) is 5.14. The van der Waals surface area contributed by atoms with Crippen molar-refractivity contribution in [2.45, 2.75) is 31.0 Å². The Kier molecular flexibility index (Phi) is 2.97. The van der Waals surface area contributed by atoms with E-state index in [1.54, 1.807) is 0 Å². The van der Waals surface area contributed by atoms with Gasteiger partial charge in [-0.3, -0.25) is 14.3 Å². The minimum absolute atomic E-state index is 0.0212. The van der Waals surface area contributed by atoms with Crippen LogP contribution >= 0.6 is 0 Å². The molecule has 9 nitrogen and oxygen atoms in total. The van der Waals surface area contributed by atoms with Crippen LogP contribution < -0.4 is 11.3 Å². The van der Waals surface area contributed by atoms with Crippen molar-refractivity contribution in [3.05, 3.63) is 16.7 Å². The summed E-state index contributed by atoms with van der Waals surface area (Å²) >= 11 is 0. The smallest absolute Gasteiger partial charge is 0.280 e. The van der Waals surface area contributed by atoms with E-state index in [1.165, 1.54) is 17.8 Å². The van der Waals surface area contributed by atoms with Gasteiger partial charge >= 0.3 is 0 Å². The van der Waals surface area contributed by atoms with Gasteiger partial charge in [-0.2, -0.15) is 4.98 Å². The van der Waals surface area contributed by atoms with Crippen molar-refractivity contribution in [2.75, 3.05) is 12.3 Å². The maximum absolute atomic E-state index is 14.3. The number of ether oxygens (including phenoxy) is 1. The molecule has 10 heteroatoms. The largest absolute Gasteiger partial charge is 0.393 e. The molecule has 0 saturated carbocycles. The Bertz CT molecular complexity index is 746. The highest BCUT2D eigenvalue weighted by molar-refractivity contribution is 5.70. The number of anilines is 1. The molecule has 2 aromatic rings. The molecular weight excluding hydrogens is 285 g/mol. The minimum atomic E-state index is -1.82. The van der Waals surface area contributed by atoms with Gasteiger partial charge in [-0.15, -0.1) is 0 Å². The van der Waals surface area contributed by atoms with Crippen LogP contribution in [0.3, 0.4) is 0 Å². The molecule has 1 saturated heterocycles. The number of aliphatic hydroxyl groups is 2. The summed E-state index contributed by atoms with van der Waals surface area (Å²) in [7, 11) is 0. The third kappa shape index (κ3) is 1.91. The van der Waals surface area contributed by atoms with Crippen LogP contribution in [0, 0.1) is 0 Å². The summed E-state index contributed by atoms with van der Waals surface area (Å²) in [6.45, 7) is 0.825. The molecular formula is C11H14FN5O4. The second kappa shape index (κ2) is 4.48. The molecule has 3 rings (SSSR count). The molecule has 4 atom stereocenters. The zero-order valence-corrected chi connectivity index (χ0v) is 11.0. The van der Waals surface area contributed by atoms with Crippen LogP contribution in [0.1, 0.15) is 13.2 Å². The van der Waals surface area contributed by atoms with Gasteiger partial charge in [-0.05, 0) is 6.92 Å². The Morgan fingerprint density at radius 1 is 1.67 bits per heavy atom. The van der Waals surface area contributed by atoms with Gasteiger partial charge in [0.05, 0.1) is 12.9 Å². The first-order valence-electron chi connectivity index (χ1n) is 6.20. The molecule has 0 spiro atoms. The molecule has 0 aromatic carbocycles. The van der Waals surface area contributed by atoms with Crippen molar-refractivity contribution in [2.24, 2.45) is 0 Å². The number of H-pyrrole nitrogens is 1. The normalized spacial score (nSPS) is 32.9. The van der Waals surface area contributed by atoms with Crippen LogP contribution in [0.2, 0.25) is 0 Å². The number of nitrogen functional groups attached to an aromatic ring is 1. The van der Waals surface area contributed by atoms with E-state index in [1.807, 2.05) is 0 Å². The lowest BCUT2D eigenvalue weighted by Gasteiger charge is -2.24. The lowest BCUT2D eigenvalue weighted by atomic mass is 9.99. The first-order valence-corrected chi connectivity index (χ1v) is 6.20. The fourth-order valence-corrected chi connectivity index (χ4v) is 2.37. The lowest BCUT2D eigenvalue weighted by Crippen LogP contribution is -2.42. The molecule has 21 heavy (non-hydrogen) atoms. The van der Waals surface area contributed by atoms with E-state index in [0.717, 1.165) is 0 Å². The van der Waals surface area contributed by atoms with Gasteiger partial charge in [0.2, 0.25) is 5.95 Å². The predicted molar refractivity (Wildman–Crippen MR) is 69.1 cm³/mol. The third-order valence-electron chi connectivity index (χ3n) is 3.63. The average Bonchev–Trinajstić information content (AvgIpc) is 2.95. The van der Waals surface area contributed by atoms with Crippen molar-refractivity contribution >= 4 is 17.1 Å². The Morgan fingerprint density at radius 2 is 2.38 bits per heavy atom. The molecule has 114 valence electrons. The van der Waals surface area contributed by atoms with Gasteiger partial charge < -0.3 is 20.7 Å². The second-order valence-corrected chi connectivity index (χ2v) is 5.14. The maximum Gasteiger partial charge on any atom is 0.280 e. The Morgan fingerprint density at radius 3 is 3.00 bits per heavy atom. The average molecular weight is 299 g/mol. The van der Waals surface area contributed by atoms with E-state index in [0.29, 0.717) is 0 Å². The van der Waals surface area contributed by atoms with E-state index in [2.05, 4.69) is 15.0 Å². The monoisotopic (exact) mass is 299 g/mol. The molecule has 3 heterocycles. The Hall–Kier alpha value is -2.04. The maximum atomic E-state index is 14.3. The fourth-order valence-electron chi connectivity index (χ4n) is 2.37. The van der Waals surface area contributed by atoms with E-state index in [4.69, 9.17) is 10.5 Å². The summed E-state index contributed by atoms with van der Waals surface area (Å²) in [6.07, 6.45) is -3.43. The summed E-state index contributed by atoms with van der Waals surface area (Å²) in [5, 5.41) is 19.1. The van der Waals surface area contributed by atoms with Crippen LogP contribution in [0.25, 0.3) is 11.2 Å². The molecule has 1 unspecified atom stereocenters. The number of hydrogen-bond donors (Lipinski definition) is 4. The fraction of sp³-hybridized carbons (Fsp3) is 0.545. The first kappa shape index (κ1) is 13.9. The highest BCUT2D eigenvalue weighted by Gasteiger charge is 2.53. The number of nitrogens with one attached hydrogen (secondary N) is 1. The number of hydrogen-bond acceptors (Lipinski definition) is 7. The predicted octanol–water partition coefficient (Wildman–Crippen LogP) is -1.32. The number of aromatic amines is 1. The molecule has 0 bridgehead atoms. The molecule has 0 amide bonds. The van der Waals surface area contributed by atoms with Crippen molar-refractivity contribution in [1.29, 1.82) is 0 Å². The number of imidazole rings is 1. The SMILES string of the molecule is CC1(CO)O[C@@H](n2cnc3c(=O)[nH]c(N)nc32)[C@H](F)[C@@H]1O. The van der Waals surface area contributed by atoms with Crippen LogP contribution in [-0.4, -0.2) is 54.2 Å². The topological polar surface area (TPSA) is 139 Å². The molecule has 2 aromatic heterocycles. The summed E-state index contributed by atoms with van der Waals surface area (Å²) in [4.78, 5) is 21.7. The molecule has 0 radical (unpaired) electrons. The van der Waals surface area contributed by atoms with Crippen molar-refractivity contribution in [3.63, 3.8) is 0 Å². The Balaban J connectivity index is 2.12. The number of aromatic nitrogens is 4. The first-order chi connectivity index (χ1) is 9.87. The van der Waals surface area contributed by atoms with Crippen molar-refractivity contribution < 1.29 is 19.3 Å². The van der Waals surface area contributed by atoms with Gasteiger partial charge in [-0.1, -0.05) is 0 Å². The third-order valence-corrected chi connectivity index (χ3v) is 3.63. The van der Waals surface area contributed by atoms with Gasteiger partial charge in [0.25, 0.3) is 5.56 Å². The highest BCUT2D eigenvalue weighted by atomic mass is 19.1. The molecule has 5 N–H and O–H groups in total. The van der Waals surface area contributed by atoms with Gasteiger partial charge in [0.15, 0.2) is 23.6 Å². The number of halogens is 1. The number of alkyl halides is 1.